The van der Waals surface area contributed by atoms with Crippen molar-refractivity contribution in [3.63, 3.8) is 0 Å². The summed E-state index contributed by atoms with van der Waals surface area (Å²) in [5, 5.41) is 0. The molecular weight excluding hydrogens is 232 g/mol. The fourth-order valence-electron chi connectivity index (χ4n) is 2.57. The van der Waals surface area contributed by atoms with E-state index in [1.807, 2.05) is 0 Å². The number of allylic oxidation sites excluding steroid dienone is 3. The van der Waals surface area contributed by atoms with E-state index in [-0.39, 0.29) is 11.2 Å². The second-order valence-electron chi connectivity index (χ2n) is 6.13. The van der Waals surface area contributed by atoms with E-state index in [2.05, 4.69) is 57.2 Å². The molecule has 1 nitrogen and oxygen atoms in total. The van der Waals surface area contributed by atoms with Crippen LogP contribution < -0.4 is 0 Å². The van der Waals surface area contributed by atoms with Crippen LogP contribution >= 0.6 is 0 Å². The molecule has 0 fully saturated rings. The Morgan fingerprint density at radius 3 is 2.37 bits per heavy atom. The van der Waals surface area contributed by atoms with E-state index in [1.54, 1.807) is 6.08 Å². The zero-order chi connectivity index (χ0) is 13.9. The second kappa shape index (κ2) is 5.56. The fraction of sp³-hybridized carbons (Fsp3) is 0.389. The molecule has 0 amide bonds. The summed E-state index contributed by atoms with van der Waals surface area (Å²) >= 11 is 0. The Labute approximate surface area is 116 Å². The monoisotopic (exact) mass is 254 g/mol. The van der Waals surface area contributed by atoms with Gasteiger partial charge in [0.1, 0.15) is 0 Å². The maximum absolute atomic E-state index is 11.7. The lowest BCUT2D eigenvalue weighted by Gasteiger charge is -2.27. The van der Waals surface area contributed by atoms with Gasteiger partial charge in [-0.15, -0.1) is 0 Å². The first-order valence-electron chi connectivity index (χ1n) is 6.99. The molecule has 0 spiro atoms. The van der Waals surface area contributed by atoms with Gasteiger partial charge in [0, 0.05) is 6.42 Å². The smallest absolute Gasteiger partial charge is 0.156 e. The van der Waals surface area contributed by atoms with Gasteiger partial charge < -0.3 is 0 Å². The highest BCUT2D eigenvalue weighted by molar-refractivity contribution is 5.92. The molecule has 1 aromatic rings. The fourth-order valence-corrected chi connectivity index (χ4v) is 2.57. The van der Waals surface area contributed by atoms with Gasteiger partial charge in [-0.25, -0.2) is 0 Å². The Hall–Kier alpha value is -1.63. The molecule has 0 saturated heterocycles. The van der Waals surface area contributed by atoms with Crippen molar-refractivity contribution in [3.8, 4) is 0 Å². The Morgan fingerprint density at radius 1 is 1.11 bits per heavy atom. The highest BCUT2D eigenvalue weighted by atomic mass is 16.1. The summed E-state index contributed by atoms with van der Waals surface area (Å²) in [6.45, 7) is 6.47. The van der Waals surface area contributed by atoms with Crippen LogP contribution in [0.2, 0.25) is 0 Å². The first-order chi connectivity index (χ1) is 8.98. The molecule has 0 bridgehead atoms. The summed E-state index contributed by atoms with van der Waals surface area (Å²) < 4.78 is 0. The molecule has 0 unspecified atom stereocenters. The average Bonchev–Trinajstić information content (AvgIpc) is 2.34. The minimum Gasteiger partial charge on any atom is -0.295 e. The molecule has 2 rings (SSSR count). The van der Waals surface area contributed by atoms with Crippen LogP contribution in [0.15, 0.2) is 42.0 Å². The molecule has 0 aromatic heterocycles. The number of carbonyl (C=O) groups is 1. The number of hydrogen-bond donors (Lipinski definition) is 0. The predicted molar refractivity (Wildman–Crippen MR) is 81.0 cm³/mol. The van der Waals surface area contributed by atoms with Crippen molar-refractivity contribution >= 4 is 11.9 Å². The summed E-state index contributed by atoms with van der Waals surface area (Å²) in [7, 11) is 0. The van der Waals surface area contributed by atoms with E-state index in [4.69, 9.17) is 0 Å². The lowest BCUT2D eigenvalue weighted by molar-refractivity contribution is -0.116. The molecule has 1 aliphatic carbocycles. The summed E-state index contributed by atoms with van der Waals surface area (Å²) in [6.07, 6.45) is 8.68. The average molecular weight is 254 g/mol. The molecule has 1 aliphatic rings. The number of carbonyl (C=O) groups excluding carboxylic acids is 1. The van der Waals surface area contributed by atoms with Crippen molar-refractivity contribution in [3.05, 3.63) is 53.1 Å². The van der Waals surface area contributed by atoms with Crippen LogP contribution in [0.5, 0.6) is 0 Å². The largest absolute Gasteiger partial charge is 0.295 e. The number of rotatable bonds is 3. The van der Waals surface area contributed by atoms with Gasteiger partial charge in [-0.1, -0.05) is 57.2 Å². The van der Waals surface area contributed by atoms with Gasteiger partial charge >= 0.3 is 0 Å². The molecule has 0 radical (unpaired) electrons. The SMILES string of the molecule is CCc1ccc(C=CC2=CC(=O)CC(C)(C)C2)cc1. The van der Waals surface area contributed by atoms with Crippen LogP contribution in [-0.4, -0.2) is 5.78 Å². The van der Waals surface area contributed by atoms with E-state index in [1.165, 1.54) is 11.1 Å². The quantitative estimate of drug-likeness (QED) is 0.771. The second-order valence-corrected chi connectivity index (χ2v) is 6.13. The molecule has 0 saturated carbocycles. The summed E-state index contributed by atoms with van der Waals surface area (Å²) in [4.78, 5) is 11.7. The van der Waals surface area contributed by atoms with Gasteiger partial charge in [-0.2, -0.15) is 0 Å². The first-order valence-corrected chi connectivity index (χ1v) is 6.99. The number of hydrogen-bond acceptors (Lipinski definition) is 1. The number of aryl methyl sites for hydroxylation is 1. The van der Waals surface area contributed by atoms with Crippen molar-refractivity contribution in [2.24, 2.45) is 5.41 Å². The maximum atomic E-state index is 11.7. The van der Waals surface area contributed by atoms with Gasteiger partial charge in [0.05, 0.1) is 0 Å². The zero-order valence-electron chi connectivity index (χ0n) is 12.1. The van der Waals surface area contributed by atoms with Crippen LogP contribution in [-0.2, 0) is 11.2 Å². The summed E-state index contributed by atoms with van der Waals surface area (Å²) in [6, 6.07) is 8.57. The molecule has 1 heteroatoms. The Balaban J connectivity index is 2.11. The van der Waals surface area contributed by atoms with E-state index in [0.717, 1.165) is 18.4 Å². The van der Waals surface area contributed by atoms with Crippen LogP contribution in [0, 0.1) is 5.41 Å². The van der Waals surface area contributed by atoms with Crippen LogP contribution in [0.1, 0.15) is 44.7 Å². The van der Waals surface area contributed by atoms with Crippen molar-refractivity contribution in [2.75, 3.05) is 0 Å². The topological polar surface area (TPSA) is 17.1 Å². The molecule has 1 aromatic carbocycles. The standard InChI is InChI=1S/C18H22O/c1-4-14-5-7-15(8-6-14)9-10-16-11-17(19)13-18(2,3)12-16/h5-11H,4,12-13H2,1-3H3. The maximum Gasteiger partial charge on any atom is 0.156 e. The molecule has 19 heavy (non-hydrogen) atoms. The van der Waals surface area contributed by atoms with E-state index in [9.17, 15) is 4.79 Å². The number of benzene rings is 1. The Bertz CT molecular complexity index is 515. The lowest BCUT2D eigenvalue weighted by atomic mass is 9.77. The zero-order valence-corrected chi connectivity index (χ0v) is 12.1. The van der Waals surface area contributed by atoms with Crippen molar-refractivity contribution in [2.45, 2.75) is 40.0 Å². The molecule has 100 valence electrons. The molecule has 0 atom stereocenters. The third kappa shape index (κ3) is 3.92. The molecule has 0 heterocycles. The lowest BCUT2D eigenvalue weighted by Crippen LogP contribution is -2.21. The summed E-state index contributed by atoms with van der Waals surface area (Å²) in [5.41, 5.74) is 3.78. The van der Waals surface area contributed by atoms with Crippen molar-refractivity contribution in [1.82, 2.24) is 0 Å². The summed E-state index contributed by atoms with van der Waals surface area (Å²) in [5.74, 6) is 0.247. The minimum atomic E-state index is 0.0948. The van der Waals surface area contributed by atoms with Gasteiger partial charge in [0.15, 0.2) is 5.78 Å². The highest BCUT2D eigenvalue weighted by Gasteiger charge is 2.26. The third-order valence-corrected chi connectivity index (χ3v) is 3.56. The van der Waals surface area contributed by atoms with E-state index >= 15 is 0 Å². The predicted octanol–water partition coefficient (Wildman–Crippen LogP) is 4.58. The highest BCUT2D eigenvalue weighted by Crippen LogP contribution is 2.34. The Morgan fingerprint density at radius 2 is 1.79 bits per heavy atom. The molecular formula is C18H22O. The van der Waals surface area contributed by atoms with Crippen molar-refractivity contribution in [1.29, 1.82) is 0 Å². The molecule has 0 aliphatic heterocycles. The minimum absolute atomic E-state index is 0.0948. The van der Waals surface area contributed by atoms with Gasteiger partial charge in [-0.3, -0.25) is 4.79 Å². The van der Waals surface area contributed by atoms with Crippen LogP contribution in [0.4, 0.5) is 0 Å². The van der Waals surface area contributed by atoms with E-state index < -0.39 is 0 Å². The van der Waals surface area contributed by atoms with Crippen LogP contribution in [0.25, 0.3) is 6.08 Å². The number of ketones is 1. The van der Waals surface area contributed by atoms with Crippen molar-refractivity contribution < 1.29 is 4.79 Å². The van der Waals surface area contributed by atoms with Gasteiger partial charge in [0.25, 0.3) is 0 Å². The van der Waals surface area contributed by atoms with Gasteiger partial charge in [-0.05, 0) is 41.0 Å². The van der Waals surface area contributed by atoms with E-state index in [0.29, 0.717) is 6.42 Å². The first kappa shape index (κ1) is 13.8. The normalized spacial score (nSPS) is 18.7. The third-order valence-electron chi connectivity index (χ3n) is 3.56. The Kier molecular flexibility index (Phi) is 4.04. The molecule has 0 N–H and O–H groups in total. The van der Waals surface area contributed by atoms with Crippen LogP contribution in [0.3, 0.4) is 0 Å². The van der Waals surface area contributed by atoms with Gasteiger partial charge in [0.2, 0.25) is 0 Å².